The van der Waals surface area contributed by atoms with E-state index in [9.17, 15) is 18.4 Å². The van der Waals surface area contributed by atoms with E-state index in [4.69, 9.17) is 0 Å². The minimum absolute atomic E-state index is 0.0225. The largest absolute Gasteiger partial charge is 0.453 e. The van der Waals surface area contributed by atoms with E-state index in [1.807, 2.05) is 0 Å². The van der Waals surface area contributed by atoms with Crippen LogP contribution in [0.15, 0.2) is 24.3 Å². The second-order valence-electron chi connectivity index (χ2n) is 2.92. The van der Waals surface area contributed by atoms with Gasteiger partial charge in [-0.15, -0.1) is 0 Å². The molecule has 0 saturated carbocycles. The van der Waals surface area contributed by atoms with Crippen molar-refractivity contribution in [2.75, 3.05) is 26.6 Å². The van der Waals surface area contributed by atoms with E-state index in [2.05, 4.69) is 22.6 Å². The molecule has 0 atom stereocenters. The summed E-state index contributed by atoms with van der Waals surface area (Å²) in [5, 5.41) is 0. The zero-order chi connectivity index (χ0) is 12.6. The van der Waals surface area contributed by atoms with Crippen molar-refractivity contribution < 1.29 is 27.8 Å². The lowest BCUT2D eigenvalue weighted by atomic mass is 10.4. The molecule has 0 heterocycles. The highest BCUT2D eigenvalue weighted by molar-refractivity contribution is 6.29. The van der Waals surface area contributed by atoms with Crippen LogP contribution in [0, 0.1) is 0 Å². The minimum atomic E-state index is -1.28. The summed E-state index contributed by atoms with van der Waals surface area (Å²) in [5.41, 5.74) is 0.0450. The van der Waals surface area contributed by atoms with Crippen LogP contribution in [0.2, 0.25) is 0 Å². The number of esters is 2. The molecule has 0 N–H and O–H groups in total. The monoisotopic (exact) mass is 234 g/mol. The van der Waals surface area contributed by atoms with Gasteiger partial charge in [0.05, 0.1) is 0 Å². The molecule has 16 heavy (non-hydrogen) atoms. The summed E-state index contributed by atoms with van der Waals surface area (Å²) >= 11 is 0. The first-order chi connectivity index (χ1) is 7.51. The Labute approximate surface area is 91.5 Å². The highest BCUT2D eigenvalue weighted by Gasteiger charge is 2.17. The predicted octanol–water partition coefficient (Wildman–Crippen LogP) is 1.12. The molecule has 6 heteroatoms. The average Bonchev–Trinajstić information content (AvgIpc) is 2.31. The van der Waals surface area contributed by atoms with Gasteiger partial charge < -0.3 is 9.47 Å². The molecule has 0 aliphatic carbocycles. The lowest BCUT2D eigenvalue weighted by Gasteiger charge is -2.05. The van der Waals surface area contributed by atoms with Gasteiger partial charge in [0.1, 0.15) is 26.6 Å². The molecule has 0 aromatic heterocycles. The Morgan fingerprint density at radius 3 is 1.44 bits per heavy atom. The second kappa shape index (κ2) is 7.56. The van der Waals surface area contributed by atoms with Crippen molar-refractivity contribution in [3.05, 3.63) is 24.3 Å². The van der Waals surface area contributed by atoms with Crippen LogP contribution in [0.25, 0.3) is 0 Å². The molecular formula is C10H12F2O4. The Balaban J connectivity index is 3.87. The number of hydrogen-bond acceptors (Lipinski definition) is 4. The Bertz CT molecular complexity index is 269. The van der Waals surface area contributed by atoms with Crippen LogP contribution < -0.4 is 0 Å². The molecule has 0 bridgehead atoms. The molecule has 0 unspecified atom stereocenters. The first kappa shape index (κ1) is 14.3. The van der Waals surface area contributed by atoms with Gasteiger partial charge in [-0.25, -0.2) is 18.4 Å². The zero-order valence-corrected chi connectivity index (χ0v) is 8.63. The summed E-state index contributed by atoms with van der Waals surface area (Å²) in [5.74, 6) is -2.55. The van der Waals surface area contributed by atoms with Gasteiger partial charge in [-0.2, -0.15) is 0 Å². The van der Waals surface area contributed by atoms with E-state index < -0.39 is 38.5 Å². The van der Waals surface area contributed by atoms with Crippen LogP contribution in [0.5, 0.6) is 0 Å². The number of ether oxygens (including phenoxy) is 2. The molecule has 0 spiro atoms. The Morgan fingerprint density at radius 2 is 1.19 bits per heavy atom. The van der Waals surface area contributed by atoms with Crippen LogP contribution in [0.4, 0.5) is 8.78 Å². The maximum atomic E-state index is 11.9. The SMILES string of the molecule is C=C(CF)COC(=O)C(=O)OCC(=C)CF. The fourth-order valence-electron chi connectivity index (χ4n) is 0.530. The Kier molecular flexibility index (Phi) is 6.74. The van der Waals surface area contributed by atoms with E-state index in [0.29, 0.717) is 0 Å². The maximum absolute atomic E-state index is 11.9. The van der Waals surface area contributed by atoms with Crippen LogP contribution in [-0.2, 0) is 19.1 Å². The standard InChI is InChI=1S/C10H12F2O4/c1-7(3-11)5-15-9(13)10(14)16-6-8(2)4-12/h1-6H2. The molecule has 4 nitrogen and oxygen atoms in total. The number of halogens is 2. The smallest absolute Gasteiger partial charge is 0.417 e. The van der Waals surface area contributed by atoms with Gasteiger partial charge in [0.15, 0.2) is 0 Å². The molecular weight excluding hydrogens is 222 g/mol. The van der Waals surface area contributed by atoms with Crippen molar-refractivity contribution in [3.8, 4) is 0 Å². The summed E-state index contributed by atoms with van der Waals surface area (Å²) in [4.78, 5) is 21.8. The topological polar surface area (TPSA) is 52.6 Å². The lowest BCUT2D eigenvalue weighted by molar-refractivity contribution is -0.166. The van der Waals surface area contributed by atoms with Crippen LogP contribution in [0.1, 0.15) is 0 Å². The van der Waals surface area contributed by atoms with Gasteiger partial charge in [0, 0.05) is 0 Å². The van der Waals surface area contributed by atoms with Gasteiger partial charge in [0.25, 0.3) is 0 Å². The molecule has 0 amide bonds. The first-order valence-corrected chi connectivity index (χ1v) is 4.30. The third kappa shape index (κ3) is 5.90. The van der Waals surface area contributed by atoms with Gasteiger partial charge in [-0.3, -0.25) is 0 Å². The van der Waals surface area contributed by atoms with Gasteiger partial charge in [-0.05, 0) is 11.1 Å². The third-order valence-electron chi connectivity index (χ3n) is 1.36. The molecule has 0 fully saturated rings. The average molecular weight is 234 g/mol. The van der Waals surface area contributed by atoms with Gasteiger partial charge in [-0.1, -0.05) is 13.2 Å². The molecule has 0 aromatic carbocycles. The van der Waals surface area contributed by atoms with Gasteiger partial charge >= 0.3 is 11.9 Å². The Morgan fingerprint density at radius 1 is 0.875 bits per heavy atom. The molecule has 0 aromatic rings. The first-order valence-electron chi connectivity index (χ1n) is 4.30. The summed E-state index contributed by atoms with van der Waals surface area (Å²) < 4.78 is 32.4. The Hall–Kier alpha value is -1.72. The van der Waals surface area contributed by atoms with Crippen LogP contribution in [0.3, 0.4) is 0 Å². The minimum Gasteiger partial charge on any atom is -0.453 e. The van der Waals surface area contributed by atoms with E-state index in [0.717, 1.165) is 0 Å². The lowest BCUT2D eigenvalue weighted by Crippen LogP contribution is -2.22. The molecule has 0 rings (SSSR count). The van der Waals surface area contributed by atoms with Crippen molar-refractivity contribution in [2.45, 2.75) is 0 Å². The highest BCUT2D eigenvalue weighted by atomic mass is 19.1. The van der Waals surface area contributed by atoms with E-state index in [-0.39, 0.29) is 11.1 Å². The molecule has 0 aliphatic heterocycles. The number of carbonyl (C=O) groups is 2. The second-order valence-corrected chi connectivity index (χ2v) is 2.92. The fourth-order valence-corrected chi connectivity index (χ4v) is 0.530. The molecule has 0 saturated heterocycles. The fraction of sp³-hybridized carbons (Fsp3) is 0.400. The van der Waals surface area contributed by atoms with E-state index in [1.54, 1.807) is 0 Å². The normalized spacial score (nSPS) is 9.38. The van der Waals surface area contributed by atoms with Crippen molar-refractivity contribution >= 4 is 11.9 Å². The van der Waals surface area contributed by atoms with Crippen LogP contribution >= 0.6 is 0 Å². The quantitative estimate of drug-likeness (QED) is 0.392. The summed E-state index contributed by atoms with van der Waals surface area (Å²) in [6.07, 6.45) is 0. The molecule has 0 aliphatic rings. The highest BCUT2D eigenvalue weighted by Crippen LogP contribution is 1.96. The van der Waals surface area contributed by atoms with Crippen LogP contribution in [-0.4, -0.2) is 38.5 Å². The summed E-state index contributed by atoms with van der Waals surface area (Å²) in [6.45, 7) is 3.97. The zero-order valence-electron chi connectivity index (χ0n) is 8.63. The van der Waals surface area contributed by atoms with Crippen molar-refractivity contribution in [1.29, 1.82) is 0 Å². The number of rotatable bonds is 6. The van der Waals surface area contributed by atoms with Crippen molar-refractivity contribution in [3.63, 3.8) is 0 Å². The number of alkyl halides is 2. The molecule has 90 valence electrons. The molecule has 0 radical (unpaired) electrons. The predicted molar refractivity (Wildman–Crippen MR) is 52.1 cm³/mol. The summed E-state index contributed by atoms with van der Waals surface area (Å²) in [7, 11) is 0. The van der Waals surface area contributed by atoms with Crippen molar-refractivity contribution in [1.82, 2.24) is 0 Å². The maximum Gasteiger partial charge on any atom is 0.417 e. The third-order valence-corrected chi connectivity index (χ3v) is 1.36. The van der Waals surface area contributed by atoms with Crippen molar-refractivity contribution in [2.24, 2.45) is 0 Å². The summed E-state index contributed by atoms with van der Waals surface area (Å²) in [6, 6.07) is 0. The van der Waals surface area contributed by atoms with E-state index in [1.165, 1.54) is 0 Å². The van der Waals surface area contributed by atoms with E-state index >= 15 is 0 Å². The number of hydrogen-bond donors (Lipinski definition) is 0. The van der Waals surface area contributed by atoms with Gasteiger partial charge in [0.2, 0.25) is 0 Å². The number of carbonyl (C=O) groups excluding carboxylic acids is 2.